The lowest BCUT2D eigenvalue weighted by atomic mass is 9.99. The van der Waals surface area contributed by atoms with Crippen LogP contribution in [0.25, 0.3) is 0 Å². The molecule has 4 N–H and O–H groups in total. The van der Waals surface area contributed by atoms with Crippen molar-refractivity contribution in [2.45, 2.75) is 13.0 Å². The Morgan fingerprint density at radius 1 is 1.27 bits per heavy atom. The quantitative estimate of drug-likeness (QED) is 0.526. The maximum atomic E-state index is 14.5. The highest BCUT2D eigenvalue weighted by molar-refractivity contribution is 5.98. The first-order valence-corrected chi connectivity index (χ1v) is 10.2. The molecule has 4 rings (SSSR count). The minimum absolute atomic E-state index is 0.00523. The molecule has 0 radical (unpaired) electrons. The predicted molar refractivity (Wildman–Crippen MR) is 121 cm³/mol. The second-order valence-corrected chi connectivity index (χ2v) is 7.66. The number of carbonyl (C=O) groups is 1. The number of methoxy groups -OCH3 is 1. The molecule has 0 saturated heterocycles. The Bertz CT molecular complexity index is 1270. The number of hydrogen-bond donors (Lipinski definition) is 3. The molecule has 3 aromatic rings. The van der Waals surface area contributed by atoms with Crippen LogP contribution in [0.1, 0.15) is 27.0 Å². The lowest BCUT2D eigenvalue weighted by molar-refractivity contribution is 0.100. The molecule has 1 aliphatic heterocycles. The van der Waals surface area contributed by atoms with E-state index in [0.29, 0.717) is 11.4 Å². The molecule has 1 aliphatic rings. The Balaban J connectivity index is 1.70. The second kappa shape index (κ2) is 9.10. The van der Waals surface area contributed by atoms with Crippen LogP contribution in [-0.4, -0.2) is 41.5 Å². The van der Waals surface area contributed by atoms with E-state index >= 15 is 0 Å². The molecule has 1 amide bonds. The maximum Gasteiger partial charge on any atom is 0.254 e. The third-order valence-electron chi connectivity index (χ3n) is 5.40. The van der Waals surface area contributed by atoms with Gasteiger partial charge in [-0.15, -0.1) is 0 Å². The normalized spacial score (nSPS) is 13.0. The van der Waals surface area contributed by atoms with Crippen molar-refractivity contribution in [1.82, 2.24) is 14.9 Å². The number of ether oxygens (including phenoxy) is 1. The largest absolute Gasteiger partial charge is 0.495 e. The summed E-state index contributed by atoms with van der Waals surface area (Å²) < 4.78 is 20.1. The van der Waals surface area contributed by atoms with Crippen LogP contribution in [0.5, 0.6) is 5.75 Å². The number of nitrogens with two attached hydrogens (primary N) is 1. The van der Waals surface area contributed by atoms with Crippen molar-refractivity contribution in [3.63, 3.8) is 0 Å². The lowest BCUT2D eigenvalue weighted by Crippen LogP contribution is -2.26. The van der Waals surface area contributed by atoms with Crippen LogP contribution >= 0.6 is 0 Å². The average Bonchev–Trinajstić information content (AvgIpc) is 2.80. The van der Waals surface area contributed by atoms with Gasteiger partial charge in [-0.05, 0) is 48.9 Å². The Labute approximate surface area is 190 Å². The number of anilines is 4. The van der Waals surface area contributed by atoms with E-state index in [-0.39, 0.29) is 28.6 Å². The number of fused-ring (bicyclic) bond motifs is 1. The van der Waals surface area contributed by atoms with Gasteiger partial charge in [0.05, 0.1) is 24.0 Å². The molecule has 0 spiro atoms. The van der Waals surface area contributed by atoms with Gasteiger partial charge in [-0.2, -0.15) is 10.2 Å². The summed E-state index contributed by atoms with van der Waals surface area (Å²) in [7, 11) is 3.64. The summed E-state index contributed by atoms with van der Waals surface area (Å²) in [5.74, 6) is -0.755. The minimum Gasteiger partial charge on any atom is -0.495 e. The van der Waals surface area contributed by atoms with Crippen LogP contribution in [0.15, 0.2) is 36.5 Å². The molecule has 9 nitrogen and oxygen atoms in total. The van der Waals surface area contributed by atoms with Crippen LogP contribution in [0.4, 0.5) is 27.5 Å². The lowest BCUT2D eigenvalue weighted by Gasteiger charge is -2.26. The Kier molecular flexibility index (Phi) is 6.06. The van der Waals surface area contributed by atoms with Gasteiger partial charge >= 0.3 is 0 Å². The van der Waals surface area contributed by atoms with Crippen LogP contribution in [0.3, 0.4) is 0 Å². The summed E-state index contributed by atoms with van der Waals surface area (Å²) in [6.45, 7) is 1.77. The number of rotatable bonds is 6. The third-order valence-corrected chi connectivity index (χ3v) is 5.40. The standard InChI is InChI=1S/C23H22FN7O2/c1-31-7-6-13-9-19(33-2)18(8-15(13)12-31)29-23-27-11-16(21(26)32)22(30-23)28-17-5-3-4-14(10-25)20(17)24/h3-5,8-9,11H,6-7,12H2,1-2H3,(H2,26,32)(H2,27,28,29,30). The fourth-order valence-corrected chi connectivity index (χ4v) is 3.67. The molecule has 0 saturated carbocycles. The van der Waals surface area contributed by atoms with E-state index in [1.54, 1.807) is 13.2 Å². The number of carbonyl (C=O) groups excluding carboxylic acids is 1. The van der Waals surface area contributed by atoms with Gasteiger partial charge in [-0.25, -0.2) is 9.37 Å². The molecule has 2 aromatic carbocycles. The van der Waals surface area contributed by atoms with Crippen LogP contribution in [0, 0.1) is 17.1 Å². The molecule has 0 atom stereocenters. The number of aromatic nitrogens is 2. The molecular formula is C23H22FN7O2. The van der Waals surface area contributed by atoms with E-state index in [4.69, 9.17) is 15.7 Å². The van der Waals surface area contributed by atoms with E-state index in [0.717, 1.165) is 25.1 Å². The number of halogens is 1. The van der Waals surface area contributed by atoms with Gasteiger partial charge in [0.2, 0.25) is 5.95 Å². The van der Waals surface area contributed by atoms with Crippen molar-refractivity contribution in [3.05, 3.63) is 64.6 Å². The number of nitrogens with one attached hydrogen (secondary N) is 2. The average molecular weight is 447 g/mol. The van der Waals surface area contributed by atoms with Gasteiger partial charge in [0.15, 0.2) is 5.82 Å². The summed E-state index contributed by atoms with van der Waals surface area (Å²) in [4.78, 5) is 22.6. The summed E-state index contributed by atoms with van der Waals surface area (Å²) in [5, 5.41) is 14.9. The molecule has 1 aromatic heterocycles. The molecule has 0 aliphatic carbocycles. The van der Waals surface area contributed by atoms with Crippen molar-refractivity contribution < 1.29 is 13.9 Å². The second-order valence-electron chi connectivity index (χ2n) is 7.66. The van der Waals surface area contributed by atoms with Crippen molar-refractivity contribution in [2.75, 3.05) is 31.3 Å². The molecule has 2 heterocycles. The number of nitrogens with zero attached hydrogens (tertiary/aromatic N) is 4. The number of amides is 1. The molecule has 168 valence electrons. The molecular weight excluding hydrogens is 425 g/mol. The number of hydrogen-bond acceptors (Lipinski definition) is 8. The van der Waals surface area contributed by atoms with Crippen LogP contribution < -0.4 is 21.1 Å². The molecule has 0 fully saturated rings. The zero-order valence-corrected chi connectivity index (χ0v) is 18.1. The highest BCUT2D eigenvalue weighted by Gasteiger charge is 2.19. The third kappa shape index (κ3) is 4.53. The summed E-state index contributed by atoms with van der Waals surface area (Å²) in [6, 6.07) is 10.0. The minimum atomic E-state index is -0.782. The number of benzene rings is 2. The summed E-state index contributed by atoms with van der Waals surface area (Å²) >= 11 is 0. The summed E-state index contributed by atoms with van der Waals surface area (Å²) in [6.07, 6.45) is 2.18. The van der Waals surface area contributed by atoms with Gasteiger partial charge in [-0.3, -0.25) is 4.79 Å². The zero-order valence-electron chi connectivity index (χ0n) is 18.1. The highest BCUT2D eigenvalue weighted by Crippen LogP contribution is 2.33. The van der Waals surface area contributed by atoms with Crippen molar-refractivity contribution in [3.8, 4) is 11.8 Å². The van der Waals surface area contributed by atoms with Gasteiger partial charge < -0.3 is 26.0 Å². The SMILES string of the molecule is COc1cc2c(cc1Nc1ncc(C(N)=O)c(Nc3cccc(C#N)c3F)n1)CN(C)CC2. The first-order valence-electron chi connectivity index (χ1n) is 10.2. The number of primary amides is 1. The summed E-state index contributed by atoms with van der Waals surface area (Å²) in [5.41, 5.74) is 8.30. The smallest absolute Gasteiger partial charge is 0.254 e. The monoisotopic (exact) mass is 447 g/mol. The molecule has 33 heavy (non-hydrogen) atoms. The number of likely N-dealkylation sites (N-methyl/N-ethyl adjacent to an activating group) is 1. The molecule has 0 bridgehead atoms. The van der Waals surface area contributed by atoms with Gasteiger partial charge in [0, 0.05) is 19.3 Å². The van der Waals surface area contributed by atoms with E-state index in [1.165, 1.54) is 30.0 Å². The van der Waals surface area contributed by atoms with E-state index < -0.39 is 11.7 Å². The number of nitriles is 1. The van der Waals surface area contributed by atoms with E-state index in [1.807, 2.05) is 12.1 Å². The van der Waals surface area contributed by atoms with Crippen molar-refractivity contribution >= 4 is 29.0 Å². The fourth-order valence-electron chi connectivity index (χ4n) is 3.67. The molecule has 0 unspecified atom stereocenters. The Morgan fingerprint density at radius 3 is 2.82 bits per heavy atom. The van der Waals surface area contributed by atoms with Gasteiger partial charge in [-0.1, -0.05) is 6.07 Å². The highest BCUT2D eigenvalue weighted by atomic mass is 19.1. The maximum absolute atomic E-state index is 14.5. The van der Waals surface area contributed by atoms with E-state index in [2.05, 4.69) is 32.5 Å². The first kappa shape index (κ1) is 22.0. The Morgan fingerprint density at radius 2 is 2.09 bits per heavy atom. The topological polar surface area (TPSA) is 129 Å². The van der Waals surface area contributed by atoms with E-state index in [9.17, 15) is 9.18 Å². The van der Waals surface area contributed by atoms with Crippen molar-refractivity contribution in [2.24, 2.45) is 5.73 Å². The molecule has 10 heteroatoms. The predicted octanol–water partition coefficient (Wildman–Crippen LogP) is 3.07. The van der Waals surface area contributed by atoms with Gasteiger partial charge in [0.25, 0.3) is 5.91 Å². The zero-order chi connectivity index (χ0) is 23.5. The fraction of sp³-hybridized carbons (Fsp3) is 0.217. The van der Waals surface area contributed by atoms with Crippen LogP contribution in [-0.2, 0) is 13.0 Å². The van der Waals surface area contributed by atoms with Gasteiger partial charge in [0.1, 0.15) is 23.2 Å². The first-order chi connectivity index (χ1) is 15.9. The Hall–Kier alpha value is -4.23. The van der Waals surface area contributed by atoms with Crippen LogP contribution in [0.2, 0.25) is 0 Å². The van der Waals surface area contributed by atoms with Crippen molar-refractivity contribution in [1.29, 1.82) is 5.26 Å².